The lowest BCUT2D eigenvalue weighted by Crippen LogP contribution is -2.15. The topological polar surface area (TPSA) is 59.3 Å². The van der Waals surface area contributed by atoms with Crippen LogP contribution in [0.5, 0.6) is 0 Å². The van der Waals surface area contributed by atoms with Crippen LogP contribution < -0.4 is 5.32 Å². The summed E-state index contributed by atoms with van der Waals surface area (Å²) >= 11 is 13.4. The van der Waals surface area contributed by atoms with Crippen molar-refractivity contribution in [1.82, 2.24) is 14.6 Å². The molecule has 0 fully saturated rings. The molecule has 140 valence electrons. The van der Waals surface area contributed by atoms with Crippen LogP contribution in [0.1, 0.15) is 0 Å². The molecule has 0 unspecified atom stereocenters. The minimum absolute atomic E-state index is 0.141. The summed E-state index contributed by atoms with van der Waals surface area (Å²) in [5.41, 5.74) is 3.27. The molecule has 4 aromatic rings. The second kappa shape index (κ2) is 8.22. The van der Waals surface area contributed by atoms with Crippen molar-refractivity contribution < 1.29 is 4.79 Å². The molecule has 2 heterocycles. The number of thioether (sulfide) groups is 1. The van der Waals surface area contributed by atoms with E-state index in [9.17, 15) is 4.79 Å². The molecule has 2 aromatic carbocycles. The number of rotatable bonds is 5. The second-order valence-corrected chi connectivity index (χ2v) is 7.72. The van der Waals surface area contributed by atoms with Crippen LogP contribution in [0.25, 0.3) is 16.8 Å². The fraction of sp³-hybridized carbons (Fsp3) is 0.0500. The van der Waals surface area contributed by atoms with E-state index >= 15 is 0 Å². The Balaban J connectivity index is 1.49. The summed E-state index contributed by atoms with van der Waals surface area (Å²) in [5, 5.41) is 12.5. The first kappa shape index (κ1) is 18.8. The summed E-state index contributed by atoms with van der Waals surface area (Å²) in [7, 11) is 0. The first-order chi connectivity index (χ1) is 13.6. The zero-order valence-corrected chi connectivity index (χ0v) is 16.8. The number of hydrogen-bond donors (Lipinski definition) is 1. The smallest absolute Gasteiger partial charge is 0.234 e. The molecule has 5 nitrogen and oxygen atoms in total. The number of benzene rings is 2. The van der Waals surface area contributed by atoms with Gasteiger partial charge in [-0.1, -0.05) is 83.5 Å². The molecule has 1 N–H and O–H groups in total. The molecule has 0 bridgehead atoms. The summed E-state index contributed by atoms with van der Waals surface area (Å²) in [6.45, 7) is 0. The van der Waals surface area contributed by atoms with E-state index in [1.54, 1.807) is 16.7 Å². The van der Waals surface area contributed by atoms with Gasteiger partial charge in [0.15, 0.2) is 10.8 Å². The Labute approximate surface area is 175 Å². The van der Waals surface area contributed by atoms with Crippen LogP contribution in [0.2, 0.25) is 10.0 Å². The molecule has 4 rings (SSSR count). The lowest BCUT2D eigenvalue weighted by molar-refractivity contribution is -0.113. The van der Waals surface area contributed by atoms with E-state index in [0.717, 1.165) is 16.8 Å². The number of amides is 1. The van der Waals surface area contributed by atoms with Crippen molar-refractivity contribution in [2.45, 2.75) is 5.16 Å². The molecule has 0 saturated heterocycles. The van der Waals surface area contributed by atoms with Gasteiger partial charge >= 0.3 is 0 Å². The van der Waals surface area contributed by atoms with Gasteiger partial charge in [-0.3, -0.25) is 9.20 Å². The highest BCUT2D eigenvalue weighted by atomic mass is 35.5. The quantitative estimate of drug-likeness (QED) is 0.430. The SMILES string of the molecule is O=C(CSc1nnc2c(Cl)cc(Cl)cn12)Nc1ccccc1-c1ccccc1. The summed E-state index contributed by atoms with van der Waals surface area (Å²) in [5.74, 6) is 0.0341. The molecule has 1 amide bonds. The van der Waals surface area contributed by atoms with Gasteiger partial charge in [-0.15, -0.1) is 10.2 Å². The molecule has 0 aliphatic rings. The van der Waals surface area contributed by atoms with Crippen molar-refractivity contribution in [1.29, 1.82) is 0 Å². The maximum absolute atomic E-state index is 12.5. The molecule has 2 aromatic heterocycles. The van der Waals surface area contributed by atoms with Gasteiger partial charge in [-0.05, 0) is 17.7 Å². The monoisotopic (exact) mass is 428 g/mol. The van der Waals surface area contributed by atoms with Gasteiger partial charge in [0, 0.05) is 17.4 Å². The fourth-order valence-corrected chi connectivity index (χ4v) is 4.00. The third kappa shape index (κ3) is 3.99. The number of halogens is 2. The summed E-state index contributed by atoms with van der Waals surface area (Å²) in [6, 6.07) is 19.2. The van der Waals surface area contributed by atoms with Gasteiger partial charge in [0.25, 0.3) is 0 Å². The van der Waals surface area contributed by atoms with Crippen molar-refractivity contribution in [2.24, 2.45) is 0 Å². The van der Waals surface area contributed by atoms with Crippen LogP contribution in [0.3, 0.4) is 0 Å². The van der Waals surface area contributed by atoms with E-state index in [1.165, 1.54) is 11.8 Å². The molecular formula is C20H14Cl2N4OS. The third-order valence-electron chi connectivity index (χ3n) is 4.01. The van der Waals surface area contributed by atoms with E-state index in [0.29, 0.717) is 20.8 Å². The maximum Gasteiger partial charge on any atom is 0.234 e. The Morgan fingerprint density at radius 2 is 1.79 bits per heavy atom. The van der Waals surface area contributed by atoms with Crippen LogP contribution >= 0.6 is 35.0 Å². The summed E-state index contributed by atoms with van der Waals surface area (Å²) in [4.78, 5) is 12.5. The largest absolute Gasteiger partial charge is 0.325 e. The Morgan fingerprint density at radius 1 is 1.04 bits per heavy atom. The summed E-state index contributed by atoms with van der Waals surface area (Å²) < 4.78 is 1.68. The zero-order valence-electron chi connectivity index (χ0n) is 14.5. The molecule has 0 aliphatic heterocycles. The zero-order chi connectivity index (χ0) is 19.5. The average molecular weight is 429 g/mol. The van der Waals surface area contributed by atoms with E-state index in [2.05, 4.69) is 15.5 Å². The van der Waals surface area contributed by atoms with Crippen LogP contribution in [0.15, 0.2) is 72.0 Å². The standard InChI is InChI=1S/C20H14Cl2N4OS/c21-14-10-16(22)19-24-25-20(26(19)11-14)28-12-18(27)23-17-9-5-4-8-15(17)13-6-2-1-3-7-13/h1-11H,12H2,(H,23,27). The Morgan fingerprint density at radius 3 is 2.61 bits per heavy atom. The fourth-order valence-electron chi connectivity index (χ4n) is 2.78. The number of hydrogen-bond acceptors (Lipinski definition) is 4. The molecule has 8 heteroatoms. The predicted molar refractivity (Wildman–Crippen MR) is 114 cm³/mol. The first-order valence-electron chi connectivity index (χ1n) is 8.39. The Bertz CT molecular complexity index is 1150. The van der Waals surface area contributed by atoms with Crippen LogP contribution in [0, 0.1) is 0 Å². The highest BCUT2D eigenvalue weighted by Gasteiger charge is 2.13. The lowest BCUT2D eigenvalue weighted by atomic mass is 10.0. The number of aromatic nitrogens is 3. The number of nitrogens with one attached hydrogen (secondary N) is 1. The van der Waals surface area contributed by atoms with Crippen molar-refractivity contribution in [3.8, 4) is 11.1 Å². The normalized spacial score (nSPS) is 10.9. The second-order valence-electron chi connectivity index (χ2n) is 5.93. The number of carbonyl (C=O) groups is 1. The van der Waals surface area contributed by atoms with Gasteiger partial charge in [0.05, 0.1) is 15.8 Å². The number of anilines is 1. The maximum atomic E-state index is 12.5. The first-order valence-corrected chi connectivity index (χ1v) is 10.1. The third-order valence-corrected chi connectivity index (χ3v) is 5.44. The van der Waals surface area contributed by atoms with Gasteiger partial charge in [-0.2, -0.15) is 0 Å². The van der Waals surface area contributed by atoms with E-state index < -0.39 is 0 Å². The van der Waals surface area contributed by atoms with E-state index in [1.807, 2.05) is 54.6 Å². The average Bonchev–Trinajstić information content (AvgIpc) is 3.11. The van der Waals surface area contributed by atoms with E-state index in [4.69, 9.17) is 23.2 Å². The Kier molecular flexibility index (Phi) is 5.52. The lowest BCUT2D eigenvalue weighted by Gasteiger charge is -2.11. The van der Waals surface area contributed by atoms with Crippen molar-refractivity contribution in [2.75, 3.05) is 11.1 Å². The highest BCUT2D eigenvalue weighted by Crippen LogP contribution is 2.28. The molecule has 0 spiro atoms. The van der Waals surface area contributed by atoms with Crippen molar-refractivity contribution >= 4 is 52.2 Å². The minimum Gasteiger partial charge on any atom is -0.325 e. The Hall–Kier alpha value is -2.54. The highest BCUT2D eigenvalue weighted by molar-refractivity contribution is 7.99. The molecule has 28 heavy (non-hydrogen) atoms. The number of pyridine rings is 1. The summed E-state index contributed by atoms with van der Waals surface area (Å²) in [6.07, 6.45) is 1.67. The van der Waals surface area contributed by atoms with Crippen LogP contribution in [-0.2, 0) is 4.79 Å². The van der Waals surface area contributed by atoms with Crippen LogP contribution in [-0.4, -0.2) is 26.3 Å². The van der Waals surface area contributed by atoms with Gasteiger partial charge in [0.2, 0.25) is 5.91 Å². The molecular weight excluding hydrogens is 415 g/mol. The molecule has 0 aliphatic carbocycles. The number of fused-ring (bicyclic) bond motifs is 1. The molecule has 0 atom stereocenters. The van der Waals surface area contributed by atoms with Gasteiger partial charge in [-0.25, -0.2) is 0 Å². The predicted octanol–water partition coefficient (Wildman–Crippen LogP) is 5.43. The molecule has 0 saturated carbocycles. The van der Waals surface area contributed by atoms with Crippen molar-refractivity contribution in [3.63, 3.8) is 0 Å². The number of carbonyl (C=O) groups excluding carboxylic acids is 1. The molecule has 0 radical (unpaired) electrons. The van der Waals surface area contributed by atoms with Crippen molar-refractivity contribution in [3.05, 3.63) is 76.9 Å². The van der Waals surface area contributed by atoms with E-state index in [-0.39, 0.29) is 11.7 Å². The number of nitrogens with zero attached hydrogens (tertiary/aromatic N) is 3. The van der Waals surface area contributed by atoms with Gasteiger partial charge in [0.1, 0.15) is 0 Å². The minimum atomic E-state index is -0.141. The number of para-hydroxylation sites is 1. The van der Waals surface area contributed by atoms with Crippen LogP contribution in [0.4, 0.5) is 5.69 Å². The van der Waals surface area contributed by atoms with Gasteiger partial charge < -0.3 is 5.32 Å².